The van der Waals surface area contributed by atoms with Crippen LogP contribution in [0.15, 0.2) is 57.2 Å². The molecular formula is C27H24F2N4O2S. The molecule has 9 heteroatoms. The summed E-state index contributed by atoms with van der Waals surface area (Å²) in [5.41, 5.74) is 4.30. The van der Waals surface area contributed by atoms with Crippen molar-refractivity contribution in [1.29, 1.82) is 0 Å². The van der Waals surface area contributed by atoms with Gasteiger partial charge in [0.25, 0.3) is 5.56 Å². The fourth-order valence-electron chi connectivity index (χ4n) is 5.12. The van der Waals surface area contributed by atoms with Crippen LogP contribution in [0.25, 0.3) is 27.2 Å². The van der Waals surface area contributed by atoms with Gasteiger partial charge in [0.1, 0.15) is 11.6 Å². The van der Waals surface area contributed by atoms with Gasteiger partial charge in [-0.15, -0.1) is 11.3 Å². The van der Waals surface area contributed by atoms with Gasteiger partial charge in [0.15, 0.2) is 10.5 Å². The number of thiazole rings is 1. The Bertz CT molecular complexity index is 1620. The molecule has 3 aromatic heterocycles. The molecule has 0 N–H and O–H groups in total. The second kappa shape index (κ2) is 9.22. The summed E-state index contributed by atoms with van der Waals surface area (Å²) in [5.74, 6) is -0.372. The summed E-state index contributed by atoms with van der Waals surface area (Å²) in [6.07, 6.45) is 2.46. The van der Waals surface area contributed by atoms with Crippen LogP contribution in [-0.4, -0.2) is 39.1 Å². The largest absolute Gasteiger partial charge is 0.356 e. The van der Waals surface area contributed by atoms with Gasteiger partial charge in [-0.25, -0.2) is 13.8 Å². The van der Waals surface area contributed by atoms with E-state index in [4.69, 9.17) is 4.52 Å². The average Bonchev–Trinajstić information content (AvgIpc) is 3.49. The van der Waals surface area contributed by atoms with Crippen LogP contribution in [-0.2, 0) is 6.42 Å². The second-order valence-corrected chi connectivity index (χ2v) is 10.1. The van der Waals surface area contributed by atoms with Gasteiger partial charge in [-0.3, -0.25) is 9.20 Å². The predicted molar refractivity (Wildman–Crippen MR) is 136 cm³/mol. The third kappa shape index (κ3) is 4.12. The number of piperidine rings is 1. The molecule has 1 saturated heterocycles. The Morgan fingerprint density at radius 3 is 2.61 bits per heavy atom. The van der Waals surface area contributed by atoms with E-state index in [9.17, 15) is 13.6 Å². The first-order chi connectivity index (χ1) is 17.5. The maximum Gasteiger partial charge on any atom is 0.262 e. The third-order valence-electron chi connectivity index (χ3n) is 7.12. The Morgan fingerprint density at radius 2 is 1.83 bits per heavy atom. The molecule has 5 aromatic rings. The van der Waals surface area contributed by atoms with Gasteiger partial charge in [0.05, 0.1) is 11.4 Å². The van der Waals surface area contributed by atoms with E-state index in [1.807, 2.05) is 12.3 Å². The molecular weight excluding hydrogens is 482 g/mol. The fourth-order valence-corrected chi connectivity index (χ4v) is 6.06. The van der Waals surface area contributed by atoms with E-state index in [1.54, 1.807) is 22.6 Å². The van der Waals surface area contributed by atoms with Crippen LogP contribution in [0.4, 0.5) is 8.78 Å². The number of fused-ring (bicyclic) bond motifs is 2. The van der Waals surface area contributed by atoms with Gasteiger partial charge in [-0.1, -0.05) is 5.16 Å². The molecule has 0 aliphatic carbocycles. The van der Waals surface area contributed by atoms with Crippen LogP contribution < -0.4 is 5.56 Å². The third-order valence-corrected chi connectivity index (χ3v) is 7.95. The standard InChI is InChI=1S/C27H24F2N4O2S/c1-16-21(26(34)33-23(15-36-27(33)30-16)17-2-4-19(28)5-3-17)10-13-32-11-8-18(9-12-32)25-22-7-6-20(29)14-24(22)35-31-25/h2-7,14-15,18H,8-13H2,1H3. The smallest absolute Gasteiger partial charge is 0.262 e. The zero-order valence-electron chi connectivity index (χ0n) is 19.7. The molecule has 36 heavy (non-hydrogen) atoms. The molecule has 0 amide bonds. The minimum Gasteiger partial charge on any atom is -0.356 e. The van der Waals surface area contributed by atoms with Crippen molar-refractivity contribution < 1.29 is 13.3 Å². The van der Waals surface area contributed by atoms with Crippen molar-refractivity contribution in [3.8, 4) is 11.3 Å². The predicted octanol–water partition coefficient (Wildman–Crippen LogP) is 5.57. The molecule has 6 rings (SSSR count). The maximum atomic E-state index is 13.5. The Hall–Kier alpha value is -3.43. The van der Waals surface area contributed by atoms with E-state index >= 15 is 0 Å². The van der Waals surface area contributed by atoms with E-state index in [0.717, 1.165) is 60.5 Å². The van der Waals surface area contributed by atoms with Crippen LogP contribution in [0.1, 0.15) is 35.7 Å². The normalized spacial score (nSPS) is 15.3. The Labute approximate surface area is 209 Å². The number of hydrogen-bond acceptors (Lipinski definition) is 6. The van der Waals surface area contributed by atoms with Gasteiger partial charge in [-0.2, -0.15) is 0 Å². The van der Waals surface area contributed by atoms with Gasteiger partial charge >= 0.3 is 0 Å². The quantitative estimate of drug-likeness (QED) is 0.312. The SMILES string of the molecule is Cc1nc2scc(-c3ccc(F)cc3)n2c(=O)c1CCN1CCC(c2noc3cc(F)ccc23)CC1. The van der Waals surface area contributed by atoms with Crippen molar-refractivity contribution in [2.75, 3.05) is 19.6 Å². The first kappa shape index (κ1) is 23.0. The number of likely N-dealkylation sites (tertiary alicyclic amines) is 1. The second-order valence-electron chi connectivity index (χ2n) is 9.30. The topological polar surface area (TPSA) is 63.6 Å². The van der Waals surface area contributed by atoms with E-state index in [1.165, 1.54) is 35.6 Å². The molecule has 0 unspecified atom stereocenters. The minimum absolute atomic E-state index is 0.0609. The number of nitrogens with zero attached hydrogens (tertiary/aromatic N) is 4. The summed E-state index contributed by atoms with van der Waals surface area (Å²) in [6.45, 7) is 4.42. The van der Waals surface area contributed by atoms with Crippen molar-refractivity contribution in [2.45, 2.75) is 32.1 Å². The number of aromatic nitrogens is 3. The molecule has 2 aromatic carbocycles. The Balaban J connectivity index is 1.17. The van der Waals surface area contributed by atoms with Crippen LogP contribution >= 0.6 is 11.3 Å². The van der Waals surface area contributed by atoms with Gasteiger partial charge < -0.3 is 9.42 Å². The molecule has 0 saturated carbocycles. The monoisotopic (exact) mass is 506 g/mol. The first-order valence-electron chi connectivity index (χ1n) is 12.0. The highest BCUT2D eigenvalue weighted by molar-refractivity contribution is 7.15. The molecule has 1 aliphatic rings. The number of halogens is 2. The summed E-state index contributed by atoms with van der Waals surface area (Å²) >= 11 is 1.41. The van der Waals surface area contributed by atoms with Crippen molar-refractivity contribution in [3.05, 3.63) is 86.8 Å². The molecule has 1 fully saturated rings. The van der Waals surface area contributed by atoms with Gasteiger partial charge in [0.2, 0.25) is 0 Å². The minimum atomic E-state index is -0.328. The Morgan fingerprint density at radius 1 is 1.08 bits per heavy atom. The van der Waals surface area contributed by atoms with Crippen LogP contribution in [0.5, 0.6) is 0 Å². The van der Waals surface area contributed by atoms with Crippen molar-refractivity contribution in [1.82, 2.24) is 19.4 Å². The van der Waals surface area contributed by atoms with E-state index < -0.39 is 0 Å². The number of aryl methyl sites for hydroxylation is 1. The average molecular weight is 507 g/mol. The van der Waals surface area contributed by atoms with E-state index in [2.05, 4.69) is 15.0 Å². The summed E-state index contributed by atoms with van der Waals surface area (Å²) < 4.78 is 33.9. The van der Waals surface area contributed by atoms with Gasteiger partial charge in [0, 0.05) is 40.6 Å². The zero-order valence-corrected chi connectivity index (χ0v) is 20.5. The van der Waals surface area contributed by atoms with Crippen molar-refractivity contribution in [2.24, 2.45) is 0 Å². The summed E-state index contributed by atoms with van der Waals surface area (Å²) in [4.78, 5) is 21.2. The van der Waals surface area contributed by atoms with Crippen molar-refractivity contribution in [3.63, 3.8) is 0 Å². The number of benzene rings is 2. The molecule has 0 radical (unpaired) electrons. The summed E-state index contributed by atoms with van der Waals surface area (Å²) in [6, 6.07) is 10.7. The highest BCUT2D eigenvalue weighted by Crippen LogP contribution is 2.33. The summed E-state index contributed by atoms with van der Waals surface area (Å²) in [5, 5.41) is 7.01. The lowest BCUT2D eigenvalue weighted by atomic mass is 9.91. The van der Waals surface area contributed by atoms with Crippen LogP contribution in [0.3, 0.4) is 0 Å². The lowest BCUT2D eigenvalue weighted by molar-refractivity contribution is 0.211. The van der Waals surface area contributed by atoms with E-state index in [0.29, 0.717) is 22.5 Å². The number of hydrogen-bond donors (Lipinski definition) is 0. The molecule has 0 bridgehead atoms. The molecule has 6 nitrogen and oxygen atoms in total. The first-order valence-corrected chi connectivity index (χ1v) is 12.9. The molecule has 0 atom stereocenters. The van der Waals surface area contributed by atoms with Crippen molar-refractivity contribution >= 4 is 27.3 Å². The molecule has 4 heterocycles. The van der Waals surface area contributed by atoms with Gasteiger partial charge in [-0.05, 0) is 81.2 Å². The molecule has 0 spiro atoms. The lowest BCUT2D eigenvalue weighted by Gasteiger charge is -2.31. The van der Waals surface area contributed by atoms with Crippen LogP contribution in [0.2, 0.25) is 0 Å². The van der Waals surface area contributed by atoms with Crippen LogP contribution in [0, 0.1) is 18.6 Å². The number of rotatable bonds is 5. The maximum absolute atomic E-state index is 13.5. The lowest BCUT2D eigenvalue weighted by Crippen LogP contribution is -2.35. The fraction of sp³-hybridized carbons (Fsp3) is 0.296. The molecule has 184 valence electrons. The zero-order chi connectivity index (χ0) is 24.8. The highest BCUT2D eigenvalue weighted by atomic mass is 32.1. The Kier molecular flexibility index (Phi) is 5.89. The highest BCUT2D eigenvalue weighted by Gasteiger charge is 2.25. The molecule has 1 aliphatic heterocycles. The van der Waals surface area contributed by atoms with E-state index in [-0.39, 0.29) is 23.1 Å². The summed E-state index contributed by atoms with van der Waals surface area (Å²) in [7, 11) is 0.